The summed E-state index contributed by atoms with van der Waals surface area (Å²) in [6.07, 6.45) is 7.71. The number of nitrogens with zero attached hydrogens (tertiary/aromatic N) is 1. The second kappa shape index (κ2) is 8.64. The Morgan fingerprint density at radius 2 is 1.76 bits per heavy atom. The molecule has 4 rings (SSSR count). The Hall–Kier alpha value is -2.88. The molecule has 2 aromatic carbocycles. The van der Waals surface area contributed by atoms with Gasteiger partial charge in [0.15, 0.2) is 5.75 Å². The lowest BCUT2D eigenvalue weighted by Crippen LogP contribution is -2.40. The normalized spacial score (nSPS) is 15.8. The zero-order valence-corrected chi connectivity index (χ0v) is 17.0. The predicted molar refractivity (Wildman–Crippen MR) is 117 cm³/mol. The molecule has 1 aromatic heterocycles. The van der Waals surface area contributed by atoms with Gasteiger partial charge in [0.2, 0.25) is 5.91 Å². The maximum atomic E-state index is 13.6. The average molecular weight is 389 g/mol. The number of para-hydroxylation sites is 1. The van der Waals surface area contributed by atoms with Gasteiger partial charge in [-0.25, -0.2) is 0 Å². The van der Waals surface area contributed by atoms with Crippen molar-refractivity contribution in [3.05, 3.63) is 66.4 Å². The zero-order valence-electron chi connectivity index (χ0n) is 17.0. The number of fused-ring (bicyclic) bond motifs is 1. The van der Waals surface area contributed by atoms with E-state index in [0.29, 0.717) is 18.0 Å². The third-order valence-corrected chi connectivity index (χ3v) is 5.94. The van der Waals surface area contributed by atoms with Gasteiger partial charge in [-0.2, -0.15) is 0 Å². The Labute approximate surface area is 172 Å². The molecule has 1 saturated carbocycles. The van der Waals surface area contributed by atoms with Crippen LogP contribution in [0.3, 0.4) is 0 Å². The van der Waals surface area contributed by atoms with Crippen molar-refractivity contribution in [1.82, 2.24) is 4.98 Å². The molecule has 0 spiro atoms. The van der Waals surface area contributed by atoms with E-state index in [1.165, 1.54) is 12.0 Å². The number of amides is 1. The molecule has 4 heteroatoms. The molecule has 0 unspecified atom stereocenters. The number of carbonyl (C=O) groups is 1. The fraction of sp³-hybridized carbons (Fsp3) is 0.360. The molecule has 1 N–H and O–H groups in total. The Balaban J connectivity index is 1.66. The number of pyridine rings is 1. The van der Waals surface area contributed by atoms with Crippen LogP contribution in [0.2, 0.25) is 0 Å². The Morgan fingerprint density at radius 3 is 2.52 bits per heavy atom. The number of hydrogen-bond donors (Lipinski definition) is 1. The molecular weight excluding hydrogens is 360 g/mol. The second-order valence-electron chi connectivity index (χ2n) is 7.91. The van der Waals surface area contributed by atoms with E-state index < -0.39 is 0 Å². The monoisotopic (exact) mass is 388 g/mol. The van der Waals surface area contributed by atoms with E-state index in [4.69, 9.17) is 4.74 Å². The van der Waals surface area contributed by atoms with E-state index in [9.17, 15) is 4.79 Å². The summed E-state index contributed by atoms with van der Waals surface area (Å²) in [5, 5.41) is 4.12. The highest BCUT2D eigenvalue weighted by atomic mass is 16.5. The maximum absolute atomic E-state index is 13.6. The van der Waals surface area contributed by atoms with Gasteiger partial charge in [-0.15, -0.1) is 0 Å². The van der Waals surface area contributed by atoms with Crippen LogP contribution in [0.15, 0.2) is 60.8 Å². The highest BCUT2D eigenvalue weighted by Gasteiger charge is 2.39. The average Bonchev–Trinajstić information content (AvgIpc) is 2.77. The molecule has 29 heavy (non-hydrogen) atoms. The zero-order chi connectivity index (χ0) is 20.1. The van der Waals surface area contributed by atoms with Crippen molar-refractivity contribution < 1.29 is 9.53 Å². The fourth-order valence-corrected chi connectivity index (χ4v) is 4.46. The molecule has 1 amide bonds. The Bertz CT molecular complexity index is 979. The van der Waals surface area contributed by atoms with E-state index in [2.05, 4.69) is 22.4 Å². The third kappa shape index (κ3) is 4.12. The SMILES string of the molecule is CCOc1c(NC(=O)C2(Cc3ccccc3)CCCCC2)cnc2ccccc12. The minimum Gasteiger partial charge on any atom is -0.491 e. The lowest BCUT2D eigenvalue weighted by Gasteiger charge is -2.36. The third-order valence-electron chi connectivity index (χ3n) is 5.94. The van der Waals surface area contributed by atoms with Crippen LogP contribution in [-0.2, 0) is 11.2 Å². The summed E-state index contributed by atoms with van der Waals surface area (Å²) in [5.41, 5.74) is 2.36. The number of hydrogen-bond acceptors (Lipinski definition) is 3. The van der Waals surface area contributed by atoms with Crippen LogP contribution in [0.1, 0.15) is 44.6 Å². The topological polar surface area (TPSA) is 51.2 Å². The van der Waals surface area contributed by atoms with Crippen molar-refractivity contribution in [2.24, 2.45) is 5.41 Å². The minimum absolute atomic E-state index is 0.0825. The van der Waals surface area contributed by atoms with Crippen molar-refractivity contribution >= 4 is 22.5 Å². The van der Waals surface area contributed by atoms with Gasteiger partial charge in [0.1, 0.15) is 5.69 Å². The fourth-order valence-electron chi connectivity index (χ4n) is 4.46. The molecule has 1 aliphatic rings. The summed E-state index contributed by atoms with van der Waals surface area (Å²) in [6, 6.07) is 18.2. The van der Waals surface area contributed by atoms with E-state index in [1.807, 2.05) is 49.4 Å². The summed E-state index contributed by atoms with van der Waals surface area (Å²) in [6.45, 7) is 2.49. The van der Waals surface area contributed by atoms with Crippen LogP contribution >= 0.6 is 0 Å². The molecule has 0 saturated heterocycles. The highest BCUT2D eigenvalue weighted by molar-refractivity contribution is 6.00. The van der Waals surface area contributed by atoms with Crippen molar-refractivity contribution in [3.8, 4) is 5.75 Å². The minimum atomic E-state index is -0.380. The molecule has 0 aliphatic heterocycles. The molecule has 1 fully saturated rings. The first-order valence-electron chi connectivity index (χ1n) is 10.6. The van der Waals surface area contributed by atoms with Crippen LogP contribution in [0.5, 0.6) is 5.75 Å². The van der Waals surface area contributed by atoms with Crippen LogP contribution < -0.4 is 10.1 Å². The molecule has 0 radical (unpaired) electrons. The van der Waals surface area contributed by atoms with E-state index in [-0.39, 0.29) is 11.3 Å². The van der Waals surface area contributed by atoms with Crippen molar-refractivity contribution in [3.63, 3.8) is 0 Å². The molecular formula is C25H28N2O2. The van der Waals surface area contributed by atoms with Gasteiger partial charge in [-0.3, -0.25) is 9.78 Å². The van der Waals surface area contributed by atoms with Gasteiger partial charge in [0, 0.05) is 5.39 Å². The van der Waals surface area contributed by atoms with Gasteiger partial charge < -0.3 is 10.1 Å². The van der Waals surface area contributed by atoms with Crippen LogP contribution in [0.25, 0.3) is 10.9 Å². The van der Waals surface area contributed by atoms with Gasteiger partial charge in [0.25, 0.3) is 0 Å². The predicted octanol–water partition coefficient (Wildman–Crippen LogP) is 5.77. The van der Waals surface area contributed by atoms with Crippen LogP contribution in [0.4, 0.5) is 5.69 Å². The molecule has 1 aliphatic carbocycles. The summed E-state index contributed by atoms with van der Waals surface area (Å²) in [4.78, 5) is 18.1. The quantitative estimate of drug-likeness (QED) is 0.584. The number of rotatable bonds is 6. The lowest BCUT2D eigenvalue weighted by atomic mass is 9.69. The molecule has 0 atom stereocenters. The van der Waals surface area contributed by atoms with Gasteiger partial charge >= 0.3 is 0 Å². The molecule has 4 nitrogen and oxygen atoms in total. The first-order valence-corrected chi connectivity index (χ1v) is 10.6. The lowest BCUT2D eigenvalue weighted by molar-refractivity contribution is -0.127. The number of nitrogens with one attached hydrogen (secondary N) is 1. The number of anilines is 1. The second-order valence-corrected chi connectivity index (χ2v) is 7.91. The van der Waals surface area contributed by atoms with Crippen molar-refractivity contribution in [2.75, 3.05) is 11.9 Å². The standard InChI is InChI=1S/C25H28N2O2/c1-2-29-23-20-13-7-8-14-21(20)26-18-22(23)27-24(28)25(15-9-4-10-16-25)17-19-11-5-3-6-12-19/h3,5-8,11-14,18H,2,4,9-10,15-17H2,1H3,(H,27,28). The number of ether oxygens (including phenoxy) is 1. The van der Waals surface area contributed by atoms with Crippen LogP contribution in [-0.4, -0.2) is 17.5 Å². The molecule has 1 heterocycles. The van der Waals surface area contributed by atoms with E-state index >= 15 is 0 Å². The number of aromatic nitrogens is 1. The first-order chi connectivity index (χ1) is 14.2. The Kier molecular flexibility index (Phi) is 5.79. The van der Waals surface area contributed by atoms with Gasteiger partial charge in [-0.05, 0) is 43.9 Å². The Morgan fingerprint density at radius 1 is 1.03 bits per heavy atom. The summed E-state index contributed by atoms with van der Waals surface area (Å²) >= 11 is 0. The maximum Gasteiger partial charge on any atom is 0.231 e. The van der Waals surface area contributed by atoms with E-state index in [1.54, 1.807) is 6.20 Å². The van der Waals surface area contributed by atoms with E-state index in [0.717, 1.165) is 43.0 Å². The summed E-state index contributed by atoms with van der Waals surface area (Å²) < 4.78 is 5.93. The molecule has 0 bridgehead atoms. The number of benzene rings is 2. The van der Waals surface area contributed by atoms with Gasteiger partial charge in [-0.1, -0.05) is 61.7 Å². The largest absolute Gasteiger partial charge is 0.491 e. The number of carbonyl (C=O) groups excluding carboxylic acids is 1. The van der Waals surface area contributed by atoms with Crippen molar-refractivity contribution in [2.45, 2.75) is 45.4 Å². The van der Waals surface area contributed by atoms with Gasteiger partial charge in [0.05, 0.1) is 23.7 Å². The van der Waals surface area contributed by atoms with Crippen molar-refractivity contribution in [1.29, 1.82) is 0 Å². The summed E-state index contributed by atoms with van der Waals surface area (Å²) in [7, 11) is 0. The first kappa shape index (κ1) is 19.4. The highest BCUT2D eigenvalue weighted by Crippen LogP contribution is 2.41. The van der Waals surface area contributed by atoms with Crippen LogP contribution in [0, 0.1) is 5.41 Å². The molecule has 150 valence electrons. The summed E-state index contributed by atoms with van der Waals surface area (Å²) in [5.74, 6) is 0.788. The molecule has 3 aromatic rings. The smallest absolute Gasteiger partial charge is 0.231 e.